The Hall–Kier alpha value is -1.55. The van der Waals surface area contributed by atoms with Crippen molar-refractivity contribution in [2.45, 2.75) is 43.9 Å². The summed E-state index contributed by atoms with van der Waals surface area (Å²) in [6.45, 7) is 2.79. The van der Waals surface area contributed by atoms with Gasteiger partial charge < -0.3 is 15.4 Å². The Kier molecular flexibility index (Phi) is 5.21. The molecule has 1 aliphatic heterocycles. The van der Waals surface area contributed by atoms with Crippen LogP contribution in [0.25, 0.3) is 0 Å². The summed E-state index contributed by atoms with van der Waals surface area (Å²) >= 11 is 0. The van der Waals surface area contributed by atoms with Gasteiger partial charge in [0.15, 0.2) is 0 Å². The Bertz CT molecular complexity index is 515. The van der Waals surface area contributed by atoms with Gasteiger partial charge in [0, 0.05) is 18.4 Å². The van der Waals surface area contributed by atoms with E-state index >= 15 is 0 Å². The Morgan fingerprint density at radius 1 is 1.30 bits per heavy atom. The van der Waals surface area contributed by atoms with E-state index in [9.17, 15) is 4.79 Å². The molecule has 0 bridgehead atoms. The van der Waals surface area contributed by atoms with E-state index < -0.39 is 0 Å². The molecule has 0 aromatic heterocycles. The van der Waals surface area contributed by atoms with Gasteiger partial charge in [-0.2, -0.15) is 0 Å². The van der Waals surface area contributed by atoms with Gasteiger partial charge in [-0.3, -0.25) is 4.79 Å². The van der Waals surface area contributed by atoms with Crippen LogP contribution in [0.2, 0.25) is 0 Å². The van der Waals surface area contributed by atoms with Crippen LogP contribution in [0.1, 0.15) is 44.1 Å². The van der Waals surface area contributed by atoms with E-state index in [1.165, 1.54) is 18.4 Å². The van der Waals surface area contributed by atoms with Crippen molar-refractivity contribution in [3.8, 4) is 5.75 Å². The van der Waals surface area contributed by atoms with Gasteiger partial charge in [-0.25, -0.2) is 0 Å². The van der Waals surface area contributed by atoms with E-state index in [1.807, 2.05) is 12.1 Å². The lowest BCUT2D eigenvalue weighted by atomic mass is 9.78. The second-order valence-corrected chi connectivity index (χ2v) is 7.06. The predicted molar refractivity (Wildman–Crippen MR) is 91.7 cm³/mol. The van der Waals surface area contributed by atoms with E-state index in [0.717, 1.165) is 44.6 Å². The van der Waals surface area contributed by atoms with Crippen molar-refractivity contribution in [3.63, 3.8) is 0 Å². The van der Waals surface area contributed by atoms with Crippen LogP contribution in [0.4, 0.5) is 0 Å². The average Bonchev–Trinajstić information content (AvgIpc) is 3.25. The molecule has 0 radical (unpaired) electrons. The zero-order valence-electron chi connectivity index (χ0n) is 14.1. The summed E-state index contributed by atoms with van der Waals surface area (Å²) in [4.78, 5) is 12.3. The summed E-state index contributed by atoms with van der Waals surface area (Å²) in [5.74, 6) is 1.61. The Labute approximate surface area is 139 Å². The molecule has 2 N–H and O–H groups in total. The van der Waals surface area contributed by atoms with Gasteiger partial charge in [0.05, 0.1) is 7.11 Å². The topological polar surface area (TPSA) is 50.4 Å². The Balaban J connectivity index is 1.62. The molecule has 1 aromatic rings. The summed E-state index contributed by atoms with van der Waals surface area (Å²) in [7, 11) is 1.69. The molecule has 1 aromatic carbocycles. The molecule has 3 rings (SSSR count). The minimum Gasteiger partial charge on any atom is -0.497 e. The number of amides is 1. The van der Waals surface area contributed by atoms with Gasteiger partial charge in [0.25, 0.3) is 0 Å². The number of nitrogens with one attached hydrogen (secondary N) is 2. The maximum Gasteiger partial charge on any atom is 0.220 e. The number of methoxy groups -OCH3 is 1. The van der Waals surface area contributed by atoms with Gasteiger partial charge in [-0.15, -0.1) is 0 Å². The van der Waals surface area contributed by atoms with Crippen molar-refractivity contribution in [1.82, 2.24) is 10.6 Å². The minimum absolute atomic E-state index is 0.107. The maximum absolute atomic E-state index is 12.3. The fraction of sp³-hybridized carbons (Fsp3) is 0.632. The lowest BCUT2D eigenvalue weighted by molar-refractivity contribution is -0.122. The van der Waals surface area contributed by atoms with Crippen molar-refractivity contribution in [3.05, 3.63) is 29.8 Å². The first-order valence-electron chi connectivity index (χ1n) is 8.84. The molecule has 4 nitrogen and oxygen atoms in total. The van der Waals surface area contributed by atoms with E-state index in [2.05, 4.69) is 22.8 Å². The van der Waals surface area contributed by atoms with Gasteiger partial charge >= 0.3 is 0 Å². The first kappa shape index (κ1) is 16.3. The van der Waals surface area contributed by atoms with Crippen molar-refractivity contribution in [2.75, 3.05) is 26.7 Å². The van der Waals surface area contributed by atoms with Crippen LogP contribution in [-0.4, -0.2) is 32.7 Å². The van der Waals surface area contributed by atoms with Crippen molar-refractivity contribution < 1.29 is 9.53 Å². The van der Waals surface area contributed by atoms with Crippen molar-refractivity contribution in [2.24, 2.45) is 5.92 Å². The van der Waals surface area contributed by atoms with Crippen molar-refractivity contribution in [1.29, 1.82) is 0 Å². The van der Waals surface area contributed by atoms with Crippen LogP contribution >= 0.6 is 0 Å². The molecule has 1 saturated heterocycles. The summed E-state index contributed by atoms with van der Waals surface area (Å²) in [5.41, 5.74) is 1.44. The van der Waals surface area contributed by atoms with Gasteiger partial charge in [-0.05, 0) is 56.0 Å². The summed E-state index contributed by atoms with van der Waals surface area (Å²) < 4.78 is 5.26. The van der Waals surface area contributed by atoms with E-state index in [-0.39, 0.29) is 11.3 Å². The molecular weight excluding hydrogens is 288 g/mol. The number of rotatable bonds is 6. The zero-order valence-corrected chi connectivity index (χ0v) is 14.1. The SMILES string of the molecule is COc1ccc(C2(CNC(=O)C[C@H]3CCNC3)CCCC2)cc1. The van der Waals surface area contributed by atoms with Crippen LogP contribution in [0.5, 0.6) is 5.75 Å². The highest BCUT2D eigenvalue weighted by atomic mass is 16.5. The van der Waals surface area contributed by atoms with Crippen LogP contribution < -0.4 is 15.4 Å². The average molecular weight is 316 g/mol. The van der Waals surface area contributed by atoms with Gasteiger partial charge in [0.2, 0.25) is 5.91 Å². The highest BCUT2D eigenvalue weighted by Gasteiger charge is 2.36. The maximum atomic E-state index is 12.3. The third kappa shape index (κ3) is 3.86. The number of benzene rings is 1. The summed E-state index contributed by atoms with van der Waals surface area (Å²) in [6.07, 6.45) is 6.58. The highest BCUT2D eigenvalue weighted by molar-refractivity contribution is 5.76. The third-order valence-corrected chi connectivity index (χ3v) is 5.52. The van der Waals surface area contributed by atoms with Crippen molar-refractivity contribution >= 4 is 5.91 Å². The fourth-order valence-corrected chi connectivity index (χ4v) is 4.05. The molecule has 1 saturated carbocycles. The molecule has 1 atom stereocenters. The smallest absolute Gasteiger partial charge is 0.220 e. The van der Waals surface area contributed by atoms with E-state index in [0.29, 0.717) is 12.3 Å². The first-order valence-corrected chi connectivity index (χ1v) is 8.84. The molecule has 4 heteroatoms. The fourth-order valence-electron chi connectivity index (χ4n) is 4.05. The molecule has 2 aliphatic rings. The highest BCUT2D eigenvalue weighted by Crippen LogP contribution is 2.41. The molecule has 1 heterocycles. The molecule has 0 spiro atoms. The lowest BCUT2D eigenvalue weighted by Gasteiger charge is -2.30. The molecule has 1 aliphatic carbocycles. The molecule has 0 unspecified atom stereocenters. The first-order chi connectivity index (χ1) is 11.2. The summed E-state index contributed by atoms with van der Waals surface area (Å²) in [6, 6.07) is 8.39. The van der Waals surface area contributed by atoms with Gasteiger partial charge in [0.1, 0.15) is 5.75 Å². The standard InChI is InChI=1S/C19H28N2O2/c1-23-17-6-4-16(5-7-17)19(9-2-3-10-19)14-21-18(22)12-15-8-11-20-13-15/h4-7,15,20H,2-3,8-14H2,1H3,(H,21,22)/t15-/m1/s1. The van der Waals surface area contributed by atoms with E-state index in [1.54, 1.807) is 7.11 Å². The Morgan fingerprint density at radius 2 is 2.04 bits per heavy atom. The van der Waals surface area contributed by atoms with Gasteiger partial charge in [-0.1, -0.05) is 25.0 Å². The number of carbonyl (C=O) groups excluding carboxylic acids is 1. The van der Waals surface area contributed by atoms with Crippen LogP contribution in [0.15, 0.2) is 24.3 Å². The summed E-state index contributed by atoms with van der Waals surface area (Å²) in [5, 5.41) is 6.55. The van der Waals surface area contributed by atoms with Crippen LogP contribution in [0.3, 0.4) is 0 Å². The quantitative estimate of drug-likeness (QED) is 0.848. The lowest BCUT2D eigenvalue weighted by Crippen LogP contribution is -2.39. The number of carbonyl (C=O) groups is 1. The monoisotopic (exact) mass is 316 g/mol. The second-order valence-electron chi connectivity index (χ2n) is 7.06. The van der Waals surface area contributed by atoms with E-state index in [4.69, 9.17) is 4.74 Å². The minimum atomic E-state index is 0.107. The third-order valence-electron chi connectivity index (χ3n) is 5.52. The molecule has 126 valence electrons. The zero-order chi connectivity index (χ0) is 16.1. The number of hydrogen-bond acceptors (Lipinski definition) is 3. The normalized spacial score (nSPS) is 22.9. The molecular formula is C19H28N2O2. The van der Waals surface area contributed by atoms with Crippen LogP contribution in [-0.2, 0) is 10.2 Å². The number of ether oxygens (including phenoxy) is 1. The molecule has 1 amide bonds. The Morgan fingerprint density at radius 3 is 2.65 bits per heavy atom. The molecule has 23 heavy (non-hydrogen) atoms. The predicted octanol–water partition coefficient (Wildman–Crippen LogP) is 2.62. The second kappa shape index (κ2) is 7.35. The van der Waals surface area contributed by atoms with Crippen LogP contribution in [0, 0.1) is 5.92 Å². The largest absolute Gasteiger partial charge is 0.497 e. The molecule has 2 fully saturated rings. The number of hydrogen-bond donors (Lipinski definition) is 2.